The fourth-order valence-electron chi connectivity index (χ4n) is 1.16. The molecule has 102 valence electrons. The van der Waals surface area contributed by atoms with E-state index in [-0.39, 0.29) is 22.7 Å². The van der Waals surface area contributed by atoms with Crippen molar-refractivity contribution in [2.45, 2.75) is 4.34 Å². The van der Waals surface area contributed by atoms with Crippen LogP contribution in [-0.4, -0.2) is 42.2 Å². The summed E-state index contributed by atoms with van der Waals surface area (Å²) in [5, 5.41) is 0. The highest BCUT2D eigenvalue weighted by atomic mass is 32.2. The molecule has 0 amide bonds. The molecule has 7 nitrogen and oxygen atoms in total. The van der Waals surface area contributed by atoms with Gasteiger partial charge in [0.25, 0.3) is 0 Å². The van der Waals surface area contributed by atoms with Crippen LogP contribution in [0, 0.1) is 0 Å². The molecule has 0 fully saturated rings. The number of sulfone groups is 1. The molecule has 2 aromatic rings. The van der Waals surface area contributed by atoms with Crippen LogP contribution in [0.1, 0.15) is 0 Å². The van der Waals surface area contributed by atoms with Crippen LogP contribution >= 0.6 is 11.5 Å². The Hall–Kier alpha value is -1.58. The SMILES string of the molecule is COCCS(=O)(=O)c1nc(Oc2ccncc2)ns1. The largest absolute Gasteiger partial charge is 0.424 e. The van der Waals surface area contributed by atoms with E-state index in [1.807, 2.05) is 0 Å². The van der Waals surface area contributed by atoms with Crippen LogP contribution in [0.15, 0.2) is 28.9 Å². The first-order valence-corrected chi connectivity index (χ1v) is 7.67. The van der Waals surface area contributed by atoms with Gasteiger partial charge in [0.15, 0.2) is 0 Å². The van der Waals surface area contributed by atoms with Crippen LogP contribution < -0.4 is 4.74 Å². The predicted octanol–water partition coefficient (Wildman–Crippen LogP) is 1.15. The number of methoxy groups -OCH3 is 1. The maximum Gasteiger partial charge on any atom is 0.335 e. The summed E-state index contributed by atoms with van der Waals surface area (Å²) in [7, 11) is -2.03. The Bertz CT molecular complexity index is 627. The van der Waals surface area contributed by atoms with Crippen LogP contribution in [0.5, 0.6) is 11.8 Å². The molecule has 0 aliphatic rings. The number of hydrogen-bond acceptors (Lipinski definition) is 8. The van der Waals surface area contributed by atoms with Gasteiger partial charge in [-0.3, -0.25) is 4.98 Å². The molecule has 2 aromatic heterocycles. The monoisotopic (exact) mass is 301 g/mol. The smallest absolute Gasteiger partial charge is 0.335 e. The Morgan fingerprint density at radius 3 is 2.74 bits per heavy atom. The van der Waals surface area contributed by atoms with E-state index in [1.54, 1.807) is 24.5 Å². The fraction of sp³-hybridized carbons (Fsp3) is 0.300. The molecule has 0 radical (unpaired) electrons. The van der Waals surface area contributed by atoms with Crippen LogP contribution in [0.2, 0.25) is 0 Å². The Kier molecular flexibility index (Phi) is 4.40. The molecule has 2 rings (SSSR count). The second-order valence-corrected chi connectivity index (χ2v) is 6.47. The lowest BCUT2D eigenvalue weighted by Gasteiger charge is -1.99. The number of nitrogens with zero attached hydrogens (tertiary/aromatic N) is 3. The molecule has 9 heteroatoms. The van der Waals surface area contributed by atoms with E-state index >= 15 is 0 Å². The average molecular weight is 301 g/mol. The molecule has 0 spiro atoms. The molecular formula is C10H11N3O4S2. The number of hydrogen-bond donors (Lipinski definition) is 0. The van der Waals surface area contributed by atoms with E-state index in [9.17, 15) is 8.42 Å². The highest BCUT2D eigenvalue weighted by molar-refractivity contribution is 7.93. The van der Waals surface area contributed by atoms with E-state index in [0.29, 0.717) is 5.75 Å². The average Bonchev–Trinajstić information content (AvgIpc) is 2.87. The lowest BCUT2D eigenvalue weighted by atomic mass is 10.5. The zero-order valence-corrected chi connectivity index (χ0v) is 11.6. The van der Waals surface area contributed by atoms with Gasteiger partial charge in [-0.25, -0.2) is 8.42 Å². The molecule has 0 aliphatic heterocycles. The van der Waals surface area contributed by atoms with E-state index in [2.05, 4.69) is 14.3 Å². The van der Waals surface area contributed by atoms with Crippen molar-refractivity contribution in [3.05, 3.63) is 24.5 Å². The molecule has 2 heterocycles. The molecule has 0 bridgehead atoms. The number of rotatable bonds is 6. The number of ether oxygens (including phenoxy) is 2. The van der Waals surface area contributed by atoms with Gasteiger partial charge in [0.1, 0.15) is 5.75 Å². The van der Waals surface area contributed by atoms with E-state index < -0.39 is 9.84 Å². The van der Waals surface area contributed by atoms with Gasteiger partial charge >= 0.3 is 6.01 Å². The van der Waals surface area contributed by atoms with Gasteiger partial charge in [-0.15, -0.1) is 4.37 Å². The van der Waals surface area contributed by atoms with Crippen molar-refractivity contribution >= 4 is 21.4 Å². The maximum atomic E-state index is 11.8. The molecule has 0 aromatic carbocycles. The molecule has 0 unspecified atom stereocenters. The highest BCUT2D eigenvalue weighted by Crippen LogP contribution is 2.22. The first-order chi connectivity index (χ1) is 9.12. The topological polar surface area (TPSA) is 91.3 Å². The van der Waals surface area contributed by atoms with Gasteiger partial charge in [0, 0.05) is 31.0 Å². The molecule has 0 N–H and O–H groups in total. The Labute approximate surface area is 114 Å². The quantitative estimate of drug-likeness (QED) is 0.790. The summed E-state index contributed by atoms with van der Waals surface area (Å²) in [6.07, 6.45) is 3.11. The molecule has 0 saturated carbocycles. The third-order valence-corrected chi connectivity index (χ3v) is 4.88. The highest BCUT2D eigenvalue weighted by Gasteiger charge is 2.20. The van der Waals surface area contributed by atoms with Crippen molar-refractivity contribution in [2.24, 2.45) is 0 Å². The Morgan fingerprint density at radius 1 is 1.32 bits per heavy atom. The number of aromatic nitrogens is 3. The second-order valence-electron chi connectivity index (χ2n) is 3.44. The van der Waals surface area contributed by atoms with E-state index in [0.717, 1.165) is 11.5 Å². The van der Waals surface area contributed by atoms with Crippen LogP contribution in [0.3, 0.4) is 0 Å². The van der Waals surface area contributed by atoms with E-state index in [4.69, 9.17) is 9.47 Å². The lowest BCUT2D eigenvalue weighted by molar-refractivity contribution is 0.217. The minimum absolute atomic E-state index is 0.00666. The van der Waals surface area contributed by atoms with Crippen molar-refractivity contribution in [3.63, 3.8) is 0 Å². The molecular weight excluding hydrogens is 290 g/mol. The predicted molar refractivity (Wildman–Crippen MR) is 68.1 cm³/mol. The molecule has 0 saturated heterocycles. The molecule has 19 heavy (non-hydrogen) atoms. The van der Waals surface area contributed by atoms with Crippen LogP contribution in [0.25, 0.3) is 0 Å². The van der Waals surface area contributed by atoms with Gasteiger partial charge in [0.05, 0.1) is 12.4 Å². The minimum Gasteiger partial charge on any atom is -0.424 e. The summed E-state index contributed by atoms with van der Waals surface area (Å²) in [6, 6.07) is 3.26. The third-order valence-electron chi connectivity index (χ3n) is 2.07. The van der Waals surface area contributed by atoms with Crippen molar-refractivity contribution in [1.29, 1.82) is 0 Å². The Morgan fingerprint density at radius 2 is 2.05 bits per heavy atom. The van der Waals surface area contributed by atoms with Crippen molar-refractivity contribution in [3.8, 4) is 11.8 Å². The summed E-state index contributed by atoms with van der Waals surface area (Å²) >= 11 is 0.781. The fourth-order valence-corrected chi connectivity index (χ4v) is 3.10. The summed E-state index contributed by atoms with van der Waals surface area (Å²) in [5.41, 5.74) is 0. The van der Waals surface area contributed by atoms with Crippen LogP contribution in [-0.2, 0) is 14.6 Å². The Balaban J connectivity index is 2.11. The van der Waals surface area contributed by atoms with Gasteiger partial charge < -0.3 is 9.47 Å². The van der Waals surface area contributed by atoms with Gasteiger partial charge in [-0.1, -0.05) is 0 Å². The van der Waals surface area contributed by atoms with Crippen LogP contribution in [0.4, 0.5) is 0 Å². The van der Waals surface area contributed by atoms with Crippen molar-refractivity contribution in [1.82, 2.24) is 14.3 Å². The normalized spacial score (nSPS) is 11.4. The summed E-state index contributed by atoms with van der Waals surface area (Å²) in [6.45, 7) is 0.114. The number of pyridine rings is 1. The summed E-state index contributed by atoms with van der Waals surface area (Å²) < 4.78 is 37.5. The van der Waals surface area contributed by atoms with E-state index in [1.165, 1.54) is 7.11 Å². The zero-order chi connectivity index (χ0) is 13.7. The lowest BCUT2D eigenvalue weighted by Crippen LogP contribution is -2.11. The first-order valence-electron chi connectivity index (χ1n) is 5.25. The second kappa shape index (κ2) is 6.04. The minimum atomic E-state index is -3.47. The maximum absolute atomic E-state index is 11.8. The summed E-state index contributed by atoms with van der Waals surface area (Å²) in [4.78, 5) is 7.69. The molecule has 0 aliphatic carbocycles. The molecule has 0 atom stereocenters. The zero-order valence-electron chi connectivity index (χ0n) is 10.0. The first kappa shape index (κ1) is 13.8. The summed E-state index contributed by atoms with van der Waals surface area (Å²) in [5.74, 6) is 0.363. The van der Waals surface area contributed by atoms with Crippen molar-refractivity contribution < 1.29 is 17.9 Å². The third kappa shape index (κ3) is 3.69. The van der Waals surface area contributed by atoms with Gasteiger partial charge in [0.2, 0.25) is 14.2 Å². The van der Waals surface area contributed by atoms with Crippen molar-refractivity contribution in [2.75, 3.05) is 19.5 Å². The van der Waals surface area contributed by atoms with Gasteiger partial charge in [-0.05, 0) is 12.1 Å². The van der Waals surface area contributed by atoms with Gasteiger partial charge in [-0.2, -0.15) is 4.98 Å². The standard InChI is InChI=1S/C10H11N3O4S2/c1-16-6-7-19(14,15)10-12-9(13-18-10)17-8-2-4-11-5-3-8/h2-5H,6-7H2,1H3.